The normalized spacial score (nSPS) is 17.2. The minimum atomic E-state index is -2.97. The van der Waals surface area contributed by atoms with Crippen LogP contribution in [0.3, 0.4) is 0 Å². The first-order chi connectivity index (χ1) is 16.1. The summed E-state index contributed by atoms with van der Waals surface area (Å²) in [6.45, 7) is 3.85. The standard InChI is InChI=1S/C24H28N4O4S2/c1-17(29)4-9-21-14-22-23(33-21)24(30)28(16-25-22)19-7-5-18(6-8-19)27-11-10-20(15-27)26(2)12-13-34(3,31)32/h5-8,14,16-17,20,29H,10-13,15H2,1-3H3/t17?,20-/m1/s1. The van der Waals surface area contributed by atoms with E-state index in [1.807, 2.05) is 31.3 Å². The maximum Gasteiger partial charge on any atom is 0.275 e. The van der Waals surface area contributed by atoms with Gasteiger partial charge in [-0.3, -0.25) is 9.36 Å². The summed E-state index contributed by atoms with van der Waals surface area (Å²) in [5.74, 6) is 5.73. The molecule has 0 amide bonds. The topological polar surface area (TPSA) is 95.7 Å². The third kappa shape index (κ3) is 5.67. The largest absolute Gasteiger partial charge is 0.381 e. The van der Waals surface area contributed by atoms with E-state index < -0.39 is 15.9 Å². The van der Waals surface area contributed by atoms with Crippen LogP contribution in [0, 0.1) is 11.8 Å². The predicted molar refractivity (Wildman–Crippen MR) is 137 cm³/mol. The molecular weight excluding hydrogens is 472 g/mol. The van der Waals surface area contributed by atoms with Gasteiger partial charge in [0.15, 0.2) is 0 Å². The van der Waals surface area contributed by atoms with Gasteiger partial charge >= 0.3 is 0 Å². The van der Waals surface area contributed by atoms with Crippen LogP contribution >= 0.6 is 11.3 Å². The molecule has 0 radical (unpaired) electrons. The summed E-state index contributed by atoms with van der Waals surface area (Å²) in [5, 5.41) is 9.35. The van der Waals surface area contributed by atoms with Crippen LogP contribution in [0.5, 0.6) is 0 Å². The van der Waals surface area contributed by atoms with Crippen molar-refractivity contribution < 1.29 is 13.5 Å². The molecule has 4 rings (SSSR count). The van der Waals surface area contributed by atoms with Gasteiger partial charge in [0.05, 0.1) is 21.8 Å². The summed E-state index contributed by atoms with van der Waals surface area (Å²) in [6, 6.07) is 9.89. The third-order valence-corrected chi connectivity index (χ3v) is 7.89. The van der Waals surface area contributed by atoms with E-state index in [2.05, 4.69) is 26.6 Å². The van der Waals surface area contributed by atoms with Crippen molar-refractivity contribution in [2.75, 3.05) is 43.6 Å². The Kier molecular flexibility index (Phi) is 7.09. The van der Waals surface area contributed by atoms with Crippen molar-refractivity contribution in [1.82, 2.24) is 14.5 Å². The van der Waals surface area contributed by atoms with Gasteiger partial charge in [0.1, 0.15) is 27.0 Å². The first kappa shape index (κ1) is 24.4. The van der Waals surface area contributed by atoms with Crippen molar-refractivity contribution in [2.24, 2.45) is 0 Å². The number of rotatable bonds is 6. The molecule has 1 unspecified atom stereocenters. The minimum absolute atomic E-state index is 0.151. The molecule has 1 aliphatic rings. The molecule has 1 saturated heterocycles. The van der Waals surface area contributed by atoms with Crippen molar-refractivity contribution in [3.8, 4) is 17.5 Å². The average Bonchev–Trinajstić information content (AvgIpc) is 3.44. The van der Waals surface area contributed by atoms with E-state index in [1.165, 1.54) is 28.5 Å². The van der Waals surface area contributed by atoms with E-state index in [1.54, 1.807) is 13.0 Å². The van der Waals surface area contributed by atoms with Crippen molar-refractivity contribution in [3.63, 3.8) is 0 Å². The molecule has 1 fully saturated rings. The van der Waals surface area contributed by atoms with Gasteiger partial charge in [-0.1, -0.05) is 11.8 Å². The number of sulfone groups is 1. The van der Waals surface area contributed by atoms with Crippen LogP contribution in [0.4, 0.5) is 5.69 Å². The predicted octanol–water partition coefficient (Wildman–Crippen LogP) is 1.73. The molecule has 0 bridgehead atoms. The number of nitrogens with zero attached hydrogens (tertiary/aromatic N) is 4. The van der Waals surface area contributed by atoms with Crippen LogP contribution in [0.25, 0.3) is 15.9 Å². The van der Waals surface area contributed by atoms with Crippen LogP contribution in [0.1, 0.15) is 18.2 Å². The van der Waals surface area contributed by atoms with Crippen LogP contribution < -0.4 is 10.5 Å². The molecule has 3 aromatic rings. The summed E-state index contributed by atoms with van der Waals surface area (Å²) in [7, 11) is -0.996. The van der Waals surface area contributed by atoms with Gasteiger partial charge in [0.25, 0.3) is 5.56 Å². The van der Waals surface area contributed by atoms with Gasteiger partial charge in [0, 0.05) is 37.6 Å². The molecule has 10 heteroatoms. The van der Waals surface area contributed by atoms with E-state index in [0.29, 0.717) is 27.7 Å². The first-order valence-corrected chi connectivity index (χ1v) is 13.9. The first-order valence-electron chi connectivity index (χ1n) is 11.0. The number of aliphatic hydroxyl groups excluding tert-OH is 1. The summed E-state index contributed by atoms with van der Waals surface area (Å²) < 4.78 is 25.0. The number of anilines is 1. The minimum Gasteiger partial charge on any atom is -0.381 e. The van der Waals surface area contributed by atoms with Crippen LogP contribution in [-0.2, 0) is 9.84 Å². The van der Waals surface area contributed by atoms with E-state index in [-0.39, 0.29) is 11.3 Å². The van der Waals surface area contributed by atoms with Crippen molar-refractivity contribution >= 4 is 37.1 Å². The highest BCUT2D eigenvalue weighted by Crippen LogP contribution is 2.25. The van der Waals surface area contributed by atoms with Gasteiger partial charge in [0.2, 0.25) is 0 Å². The molecular formula is C24H28N4O4S2. The molecule has 0 aliphatic carbocycles. The number of aromatic nitrogens is 2. The molecule has 1 aliphatic heterocycles. The summed E-state index contributed by atoms with van der Waals surface area (Å²) >= 11 is 1.28. The molecule has 8 nitrogen and oxygen atoms in total. The molecule has 1 aromatic carbocycles. The summed E-state index contributed by atoms with van der Waals surface area (Å²) in [5.41, 5.74) is 2.24. The van der Waals surface area contributed by atoms with Gasteiger partial charge < -0.3 is 14.9 Å². The number of fused-ring (bicyclic) bond motifs is 1. The number of likely N-dealkylation sites (N-methyl/N-ethyl adjacent to an activating group) is 1. The van der Waals surface area contributed by atoms with Gasteiger partial charge in [-0.05, 0) is 50.7 Å². The van der Waals surface area contributed by atoms with Crippen LogP contribution in [-0.4, -0.2) is 78.8 Å². The third-order valence-electron chi connectivity index (χ3n) is 5.94. The van der Waals surface area contributed by atoms with Crippen molar-refractivity contribution in [1.29, 1.82) is 0 Å². The molecule has 2 atom stereocenters. The van der Waals surface area contributed by atoms with Crippen molar-refractivity contribution in [2.45, 2.75) is 25.5 Å². The fourth-order valence-corrected chi connectivity index (χ4v) is 5.51. The van der Waals surface area contributed by atoms with Crippen molar-refractivity contribution in [3.05, 3.63) is 51.9 Å². The van der Waals surface area contributed by atoms with E-state index >= 15 is 0 Å². The highest BCUT2D eigenvalue weighted by molar-refractivity contribution is 7.90. The molecule has 34 heavy (non-hydrogen) atoms. The number of thiophene rings is 1. The Hall–Kier alpha value is -2.71. The number of hydrogen-bond donors (Lipinski definition) is 1. The van der Waals surface area contributed by atoms with E-state index in [0.717, 1.165) is 30.9 Å². The maximum absolute atomic E-state index is 13.0. The smallest absolute Gasteiger partial charge is 0.275 e. The lowest BCUT2D eigenvalue weighted by Crippen LogP contribution is -2.37. The van der Waals surface area contributed by atoms with Gasteiger partial charge in [-0.2, -0.15) is 0 Å². The number of benzene rings is 1. The quantitative estimate of drug-likeness (QED) is 0.515. The molecule has 180 valence electrons. The maximum atomic E-state index is 13.0. The highest BCUT2D eigenvalue weighted by atomic mass is 32.2. The fourth-order valence-electron chi connectivity index (χ4n) is 3.99. The Balaban J connectivity index is 1.48. The Morgan fingerprint density at radius 2 is 2.00 bits per heavy atom. The van der Waals surface area contributed by atoms with Gasteiger partial charge in [-0.25, -0.2) is 13.4 Å². The second kappa shape index (κ2) is 9.88. The van der Waals surface area contributed by atoms with Crippen LogP contribution in [0.15, 0.2) is 41.5 Å². The Morgan fingerprint density at radius 3 is 2.68 bits per heavy atom. The highest BCUT2D eigenvalue weighted by Gasteiger charge is 2.26. The lowest BCUT2D eigenvalue weighted by Gasteiger charge is -2.25. The lowest BCUT2D eigenvalue weighted by atomic mass is 10.2. The zero-order valence-corrected chi connectivity index (χ0v) is 21.1. The lowest BCUT2D eigenvalue weighted by molar-refractivity contribution is 0.253. The second-order valence-electron chi connectivity index (χ2n) is 8.71. The summed E-state index contributed by atoms with van der Waals surface area (Å²) in [4.78, 5) is 22.6. The van der Waals surface area contributed by atoms with E-state index in [9.17, 15) is 18.3 Å². The molecule has 2 aromatic heterocycles. The van der Waals surface area contributed by atoms with E-state index in [4.69, 9.17) is 0 Å². The fraction of sp³-hybridized carbons (Fsp3) is 0.417. The summed E-state index contributed by atoms with van der Waals surface area (Å²) in [6.07, 6.45) is 3.04. The SMILES string of the molecule is CC(O)C#Cc1cc2ncn(-c3ccc(N4CC[C@@H](N(C)CCS(C)(=O)=O)C4)cc3)c(=O)c2s1. The van der Waals surface area contributed by atoms with Gasteiger partial charge in [-0.15, -0.1) is 11.3 Å². The zero-order valence-electron chi connectivity index (χ0n) is 19.4. The molecule has 0 spiro atoms. The monoisotopic (exact) mass is 500 g/mol. The van der Waals surface area contributed by atoms with Crippen LogP contribution in [0.2, 0.25) is 0 Å². The second-order valence-corrected chi connectivity index (χ2v) is 12.0. The molecule has 3 heterocycles. The molecule has 1 N–H and O–H groups in total. The Bertz CT molecular complexity index is 1400. The number of aliphatic hydroxyl groups is 1. The number of hydrogen-bond acceptors (Lipinski definition) is 8. The zero-order chi connectivity index (χ0) is 24.5. The Labute approximate surface area is 203 Å². The average molecular weight is 501 g/mol. The Morgan fingerprint density at radius 1 is 1.29 bits per heavy atom. The molecule has 0 saturated carbocycles.